The minimum atomic E-state index is 0.175. The predicted octanol–water partition coefficient (Wildman–Crippen LogP) is 4.31. The minimum absolute atomic E-state index is 0.175. The largest absolute Gasteiger partial charge is 0.367 e. The van der Waals surface area contributed by atoms with Gasteiger partial charge in [-0.05, 0) is 28.3 Å². The standard InChI is InChI=1S/C19H25NO/c1-3-14(4-2)18-12-20-13-19(21-18)17-10-9-15-7-5-6-8-16(15)11-17/h5-11,14,18-20H,3-4,12-13H2,1-2H3. The van der Waals surface area contributed by atoms with Gasteiger partial charge in [-0.25, -0.2) is 0 Å². The molecule has 0 aliphatic carbocycles. The zero-order valence-electron chi connectivity index (χ0n) is 13.0. The number of benzene rings is 2. The van der Waals surface area contributed by atoms with Crippen LogP contribution in [0.1, 0.15) is 38.4 Å². The Bertz CT molecular complexity index is 591. The Hall–Kier alpha value is -1.38. The number of nitrogens with one attached hydrogen (secondary N) is 1. The van der Waals surface area contributed by atoms with Gasteiger partial charge in [-0.1, -0.05) is 63.1 Å². The molecule has 1 aliphatic rings. The van der Waals surface area contributed by atoms with Gasteiger partial charge in [-0.15, -0.1) is 0 Å². The van der Waals surface area contributed by atoms with E-state index in [1.807, 2.05) is 0 Å². The van der Waals surface area contributed by atoms with E-state index in [1.165, 1.54) is 29.2 Å². The maximum Gasteiger partial charge on any atom is 0.0954 e. The Balaban J connectivity index is 1.81. The molecule has 0 amide bonds. The van der Waals surface area contributed by atoms with Gasteiger partial charge in [0.1, 0.15) is 0 Å². The molecule has 21 heavy (non-hydrogen) atoms. The molecule has 1 fully saturated rings. The maximum absolute atomic E-state index is 6.40. The minimum Gasteiger partial charge on any atom is -0.367 e. The fourth-order valence-electron chi connectivity index (χ4n) is 3.36. The van der Waals surface area contributed by atoms with Crippen molar-refractivity contribution < 1.29 is 4.74 Å². The van der Waals surface area contributed by atoms with Crippen LogP contribution in [0.15, 0.2) is 42.5 Å². The molecule has 2 unspecified atom stereocenters. The second kappa shape index (κ2) is 6.59. The summed E-state index contributed by atoms with van der Waals surface area (Å²) in [6, 6.07) is 15.2. The fraction of sp³-hybridized carbons (Fsp3) is 0.474. The second-order valence-corrected chi connectivity index (χ2v) is 6.00. The van der Waals surface area contributed by atoms with Crippen LogP contribution >= 0.6 is 0 Å². The summed E-state index contributed by atoms with van der Waals surface area (Å²) in [4.78, 5) is 0. The third-order valence-corrected chi connectivity index (χ3v) is 4.73. The predicted molar refractivity (Wildman–Crippen MR) is 88.5 cm³/mol. The molecule has 0 radical (unpaired) electrons. The molecule has 1 heterocycles. The lowest BCUT2D eigenvalue weighted by Crippen LogP contribution is -2.44. The Morgan fingerprint density at radius 2 is 1.81 bits per heavy atom. The lowest BCUT2D eigenvalue weighted by atomic mass is 9.94. The van der Waals surface area contributed by atoms with E-state index >= 15 is 0 Å². The molecular weight excluding hydrogens is 258 g/mol. The van der Waals surface area contributed by atoms with Crippen molar-refractivity contribution in [3.05, 3.63) is 48.0 Å². The Labute approximate surface area is 127 Å². The molecule has 2 heteroatoms. The first-order valence-electron chi connectivity index (χ1n) is 8.16. The quantitative estimate of drug-likeness (QED) is 0.903. The van der Waals surface area contributed by atoms with Crippen LogP contribution in [0.2, 0.25) is 0 Å². The molecule has 2 atom stereocenters. The molecule has 0 saturated carbocycles. The third kappa shape index (κ3) is 3.12. The molecular formula is C19H25NO. The number of hydrogen-bond acceptors (Lipinski definition) is 2. The highest BCUT2D eigenvalue weighted by Crippen LogP contribution is 2.29. The van der Waals surface area contributed by atoms with Crippen LogP contribution in [0.25, 0.3) is 10.8 Å². The van der Waals surface area contributed by atoms with Crippen molar-refractivity contribution in [2.75, 3.05) is 13.1 Å². The van der Waals surface area contributed by atoms with Gasteiger partial charge in [-0.2, -0.15) is 0 Å². The number of ether oxygens (including phenoxy) is 1. The SMILES string of the molecule is CCC(CC)C1CNCC(c2ccc3ccccc3c2)O1. The lowest BCUT2D eigenvalue weighted by molar-refractivity contribution is -0.0687. The van der Waals surface area contributed by atoms with Gasteiger partial charge in [0.2, 0.25) is 0 Å². The summed E-state index contributed by atoms with van der Waals surface area (Å²) in [5.74, 6) is 0.653. The van der Waals surface area contributed by atoms with Crippen molar-refractivity contribution in [1.82, 2.24) is 5.32 Å². The molecule has 2 aromatic carbocycles. The van der Waals surface area contributed by atoms with E-state index in [9.17, 15) is 0 Å². The van der Waals surface area contributed by atoms with Crippen LogP contribution in [-0.4, -0.2) is 19.2 Å². The van der Waals surface area contributed by atoms with Gasteiger partial charge in [0.25, 0.3) is 0 Å². The molecule has 0 spiro atoms. The van der Waals surface area contributed by atoms with Gasteiger partial charge in [0.15, 0.2) is 0 Å². The molecule has 1 saturated heterocycles. The highest BCUT2D eigenvalue weighted by atomic mass is 16.5. The average Bonchev–Trinajstić information content (AvgIpc) is 2.56. The van der Waals surface area contributed by atoms with E-state index in [0.29, 0.717) is 12.0 Å². The van der Waals surface area contributed by atoms with Crippen LogP contribution in [0.4, 0.5) is 0 Å². The molecule has 3 rings (SSSR count). The summed E-state index contributed by atoms with van der Waals surface area (Å²) in [6.45, 7) is 6.42. The molecule has 112 valence electrons. The van der Waals surface area contributed by atoms with Crippen molar-refractivity contribution in [2.24, 2.45) is 5.92 Å². The summed E-state index contributed by atoms with van der Waals surface area (Å²) in [5.41, 5.74) is 1.29. The van der Waals surface area contributed by atoms with Crippen molar-refractivity contribution in [3.8, 4) is 0 Å². The summed E-state index contributed by atoms with van der Waals surface area (Å²) >= 11 is 0. The molecule has 1 N–H and O–H groups in total. The van der Waals surface area contributed by atoms with E-state index in [0.717, 1.165) is 13.1 Å². The topological polar surface area (TPSA) is 21.3 Å². The average molecular weight is 283 g/mol. The van der Waals surface area contributed by atoms with Crippen LogP contribution in [-0.2, 0) is 4.74 Å². The Morgan fingerprint density at radius 3 is 2.57 bits per heavy atom. The van der Waals surface area contributed by atoms with Crippen molar-refractivity contribution in [2.45, 2.75) is 38.9 Å². The summed E-state index contributed by atoms with van der Waals surface area (Å²) in [6.07, 6.45) is 2.89. The van der Waals surface area contributed by atoms with Crippen LogP contribution in [0.5, 0.6) is 0 Å². The van der Waals surface area contributed by atoms with Gasteiger partial charge < -0.3 is 10.1 Å². The third-order valence-electron chi connectivity index (χ3n) is 4.73. The summed E-state index contributed by atoms with van der Waals surface area (Å²) in [5, 5.41) is 6.14. The van der Waals surface area contributed by atoms with E-state index < -0.39 is 0 Å². The molecule has 2 nitrogen and oxygen atoms in total. The number of morpholine rings is 1. The van der Waals surface area contributed by atoms with Gasteiger partial charge in [-0.3, -0.25) is 0 Å². The first-order valence-corrected chi connectivity index (χ1v) is 8.16. The number of rotatable bonds is 4. The maximum atomic E-state index is 6.40. The highest BCUT2D eigenvalue weighted by Gasteiger charge is 2.27. The number of hydrogen-bond donors (Lipinski definition) is 1. The summed E-state index contributed by atoms with van der Waals surface area (Å²) in [7, 11) is 0. The van der Waals surface area contributed by atoms with E-state index in [4.69, 9.17) is 4.74 Å². The van der Waals surface area contributed by atoms with Gasteiger partial charge in [0.05, 0.1) is 12.2 Å². The first-order chi connectivity index (χ1) is 10.3. The monoisotopic (exact) mass is 283 g/mol. The Morgan fingerprint density at radius 1 is 1.05 bits per heavy atom. The molecule has 0 bridgehead atoms. The van der Waals surface area contributed by atoms with Crippen LogP contribution < -0.4 is 5.32 Å². The smallest absolute Gasteiger partial charge is 0.0954 e. The number of fused-ring (bicyclic) bond motifs is 1. The zero-order valence-corrected chi connectivity index (χ0v) is 13.0. The molecule has 0 aromatic heterocycles. The fourth-order valence-corrected chi connectivity index (χ4v) is 3.36. The lowest BCUT2D eigenvalue weighted by Gasteiger charge is -2.35. The van der Waals surface area contributed by atoms with Gasteiger partial charge in [0, 0.05) is 13.1 Å². The molecule has 2 aromatic rings. The van der Waals surface area contributed by atoms with Gasteiger partial charge >= 0.3 is 0 Å². The van der Waals surface area contributed by atoms with Crippen LogP contribution in [0, 0.1) is 5.92 Å². The van der Waals surface area contributed by atoms with E-state index in [-0.39, 0.29) is 6.10 Å². The first kappa shape index (κ1) is 14.6. The Kier molecular flexibility index (Phi) is 4.57. The van der Waals surface area contributed by atoms with Crippen molar-refractivity contribution in [3.63, 3.8) is 0 Å². The van der Waals surface area contributed by atoms with E-state index in [1.54, 1.807) is 0 Å². The van der Waals surface area contributed by atoms with Crippen molar-refractivity contribution >= 4 is 10.8 Å². The van der Waals surface area contributed by atoms with Crippen LogP contribution in [0.3, 0.4) is 0 Å². The summed E-state index contributed by atoms with van der Waals surface area (Å²) < 4.78 is 6.40. The van der Waals surface area contributed by atoms with E-state index in [2.05, 4.69) is 61.6 Å². The highest BCUT2D eigenvalue weighted by molar-refractivity contribution is 5.83. The normalized spacial score (nSPS) is 22.8. The zero-order chi connectivity index (χ0) is 14.7. The second-order valence-electron chi connectivity index (χ2n) is 6.00. The molecule has 1 aliphatic heterocycles. The van der Waals surface area contributed by atoms with Crippen molar-refractivity contribution in [1.29, 1.82) is 0 Å².